The molecule has 2 aromatic carbocycles. The van der Waals surface area contributed by atoms with E-state index in [9.17, 15) is 14.9 Å². The number of thiazole rings is 1. The molecular weight excluding hydrogens is 372 g/mol. The van der Waals surface area contributed by atoms with Crippen molar-refractivity contribution in [2.24, 2.45) is 5.10 Å². The Kier molecular flexibility index (Phi) is 5.59. The number of aromatic nitrogens is 1. The fourth-order valence-corrected chi connectivity index (χ4v) is 3.99. The first-order chi connectivity index (χ1) is 12.5. The number of nitrogens with zero attached hydrogens (tertiary/aromatic N) is 3. The molecule has 0 radical (unpaired) electrons. The quantitative estimate of drug-likeness (QED) is 0.300. The first kappa shape index (κ1) is 18.0. The van der Waals surface area contributed by atoms with Crippen LogP contribution in [-0.2, 0) is 4.79 Å². The number of benzene rings is 2. The molecule has 0 spiro atoms. The van der Waals surface area contributed by atoms with E-state index in [0.717, 1.165) is 14.6 Å². The largest absolute Gasteiger partial charge is 0.272 e. The highest BCUT2D eigenvalue weighted by Crippen LogP contribution is 2.29. The number of nitro groups is 1. The van der Waals surface area contributed by atoms with Crippen LogP contribution in [-0.4, -0.2) is 27.3 Å². The summed E-state index contributed by atoms with van der Waals surface area (Å²) >= 11 is 2.88. The second-order valence-electron chi connectivity index (χ2n) is 5.28. The Labute approximate surface area is 157 Å². The number of fused-ring (bicyclic) bond motifs is 1. The van der Waals surface area contributed by atoms with E-state index in [0.29, 0.717) is 11.3 Å². The lowest BCUT2D eigenvalue weighted by atomic mass is 10.1. The highest BCUT2D eigenvalue weighted by molar-refractivity contribution is 8.01. The van der Waals surface area contributed by atoms with Gasteiger partial charge in [0.15, 0.2) is 4.34 Å². The highest BCUT2D eigenvalue weighted by Gasteiger charge is 2.09. The normalized spacial score (nSPS) is 11.5. The molecule has 0 aliphatic heterocycles. The topological polar surface area (TPSA) is 97.5 Å². The van der Waals surface area contributed by atoms with Crippen molar-refractivity contribution >= 4 is 50.6 Å². The average molecular weight is 386 g/mol. The summed E-state index contributed by atoms with van der Waals surface area (Å²) in [7, 11) is 0. The van der Waals surface area contributed by atoms with Gasteiger partial charge in [-0.2, -0.15) is 5.10 Å². The molecule has 3 aromatic rings. The Morgan fingerprint density at radius 2 is 2.12 bits per heavy atom. The van der Waals surface area contributed by atoms with E-state index >= 15 is 0 Å². The van der Waals surface area contributed by atoms with Gasteiger partial charge in [-0.3, -0.25) is 14.9 Å². The van der Waals surface area contributed by atoms with Crippen LogP contribution < -0.4 is 5.43 Å². The first-order valence-electron chi connectivity index (χ1n) is 7.59. The van der Waals surface area contributed by atoms with Gasteiger partial charge < -0.3 is 0 Å². The standard InChI is InChI=1S/C17H14N4O3S2/c1-11(12-5-4-6-13(9-12)21(23)24)19-20-16(22)10-25-17-18-14-7-2-3-8-15(14)26-17/h2-9H,10H2,1H3,(H,20,22)/b19-11-. The molecule has 1 N–H and O–H groups in total. The minimum absolute atomic E-state index is 0.0187. The van der Waals surface area contributed by atoms with Gasteiger partial charge in [-0.05, 0) is 19.1 Å². The smallest absolute Gasteiger partial charge is 0.270 e. The fraction of sp³-hybridized carbons (Fsp3) is 0.118. The second-order valence-corrected chi connectivity index (χ2v) is 7.53. The number of carbonyl (C=O) groups is 1. The number of amides is 1. The molecule has 0 atom stereocenters. The summed E-state index contributed by atoms with van der Waals surface area (Å²) in [6, 6.07) is 13.9. The maximum atomic E-state index is 12.0. The summed E-state index contributed by atoms with van der Waals surface area (Å²) in [4.78, 5) is 26.8. The molecule has 0 saturated heterocycles. The van der Waals surface area contributed by atoms with Crippen molar-refractivity contribution in [3.63, 3.8) is 0 Å². The summed E-state index contributed by atoms with van der Waals surface area (Å²) in [5.74, 6) is -0.0787. The Balaban J connectivity index is 1.58. The molecule has 1 heterocycles. The van der Waals surface area contributed by atoms with Crippen LogP contribution in [0.5, 0.6) is 0 Å². The molecule has 0 unspecified atom stereocenters. The molecule has 0 saturated carbocycles. The molecule has 1 aromatic heterocycles. The molecule has 0 aliphatic rings. The van der Waals surface area contributed by atoms with Crippen LogP contribution in [0.25, 0.3) is 10.2 Å². The number of nitrogens with one attached hydrogen (secondary N) is 1. The van der Waals surface area contributed by atoms with Gasteiger partial charge in [0.25, 0.3) is 11.6 Å². The van der Waals surface area contributed by atoms with Crippen LogP contribution >= 0.6 is 23.1 Å². The zero-order valence-electron chi connectivity index (χ0n) is 13.7. The lowest BCUT2D eigenvalue weighted by Gasteiger charge is -2.02. The summed E-state index contributed by atoms with van der Waals surface area (Å²) < 4.78 is 1.90. The molecule has 7 nitrogen and oxygen atoms in total. The molecule has 0 bridgehead atoms. The number of carbonyl (C=O) groups excluding carboxylic acids is 1. The van der Waals surface area contributed by atoms with Crippen LogP contribution in [0.15, 0.2) is 58.0 Å². The molecule has 132 valence electrons. The van der Waals surface area contributed by atoms with Crippen LogP contribution in [0.2, 0.25) is 0 Å². The van der Waals surface area contributed by atoms with Gasteiger partial charge in [0.05, 0.1) is 26.6 Å². The Hall–Kier alpha value is -2.78. The molecule has 3 rings (SSSR count). The second kappa shape index (κ2) is 8.07. The Morgan fingerprint density at radius 3 is 2.88 bits per heavy atom. The van der Waals surface area contributed by atoms with E-state index in [-0.39, 0.29) is 17.3 Å². The van der Waals surface area contributed by atoms with Gasteiger partial charge in [0, 0.05) is 17.7 Å². The highest BCUT2D eigenvalue weighted by atomic mass is 32.2. The molecule has 0 fully saturated rings. The van der Waals surface area contributed by atoms with Crippen molar-refractivity contribution in [2.75, 3.05) is 5.75 Å². The lowest BCUT2D eigenvalue weighted by Crippen LogP contribution is -2.21. The molecule has 9 heteroatoms. The van der Waals surface area contributed by atoms with Gasteiger partial charge in [0.2, 0.25) is 0 Å². The minimum Gasteiger partial charge on any atom is -0.272 e. The number of para-hydroxylation sites is 1. The van der Waals surface area contributed by atoms with Gasteiger partial charge in [-0.1, -0.05) is 36.0 Å². The van der Waals surface area contributed by atoms with Crippen LogP contribution in [0.4, 0.5) is 5.69 Å². The number of nitro benzene ring substituents is 1. The average Bonchev–Trinajstić information content (AvgIpc) is 3.07. The van der Waals surface area contributed by atoms with Crippen molar-refractivity contribution in [2.45, 2.75) is 11.3 Å². The SMILES string of the molecule is C/C(=N/NC(=O)CSc1nc2ccccc2s1)c1cccc([N+](=O)[O-])c1. The van der Waals surface area contributed by atoms with Crippen molar-refractivity contribution in [3.8, 4) is 0 Å². The van der Waals surface area contributed by atoms with E-state index in [1.165, 1.54) is 35.2 Å². The molecular formula is C17H14N4O3S2. The predicted octanol–water partition coefficient (Wildman–Crippen LogP) is 3.84. The summed E-state index contributed by atoms with van der Waals surface area (Å²) in [6.45, 7) is 1.68. The van der Waals surface area contributed by atoms with Gasteiger partial charge in [0.1, 0.15) is 0 Å². The zero-order valence-corrected chi connectivity index (χ0v) is 15.3. The van der Waals surface area contributed by atoms with Crippen LogP contribution in [0.3, 0.4) is 0 Å². The van der Waals surface area contributed by atoms with Crippen molar-refractivity contribution in [1.29, 1.82) is 0 Å². The predicted molar refractivity (Wildman–Crippen MR) is 104 cm³/mol. The number of rotatable bonds is 6. The van der Waals surface area contributed by atoms with Crippen molar-refractivity contribution in [3.05, 3.63) is 64.2 Å². The van der Waals surface area contributed by atoms with Crippen molar-refractivity contribution in [1.82, 2.24) is 10.4 Å². The summed E-state index contributed by atoms with van der Waals surface area (Å²) in [5, 5.41) is 14.8. The number of hydrogen-bond donors (Lipinski definition) is 1. The van der Waals surface area contributed by atoms with Crippen LogP contribution in [0, 0.1) is 10.1 Å². The molecule has 1 amide bonds. The third-order valence-corrected chi connectivity index (χ3v) is 5.60. The zero-order chi connectivity index (χ0) is 18.5. The minimum atomic E-state index is -0.468. The van der Waals surface area contributed by atoms with Crippen molar-refractivity contribution < 1.29 is 9.72 Å². The number of non-ortho nitro benzene ring substituents is 1. The monoisotopic (exact) mass is 386 g/mol. The van der Waals surface area contributed by atoms with Gasteiger partial charge >= 0.3 is 0 Å². The Bertz CT molecular complexity index is 967. The maximum absolute atomic E-state index is 12.0. The van der Waals surface area contributed by atoms with Crippen LogP contribution in [0.1, 0.15) is 12.5 Å². The van der Waals surface area contributed by atoms with E-state index < -0.39 is 4.92 Å². The summed E-state index contributed by atoms with van der Waals surface area (Å²) in [5.41, 5.74) is 4.44. The number of thioether (sulfide) groups is 1. The maximum Gasteiger partial charge on any atom is 0.270 e. The Morgan fingerprint density at radius 1 is 1.31 bits per heavy atom. The third kappa shape index (κ3) is 4.44. The van der Waals surface area contributed by atoms with E-state index in [2.05, 4.69) is 15.5 Å². The summed E-state index contributed by atoms with van der Waals surface area (Å²) in [6.07, 6.45) is 0. The van der Waals surface area contributed by atoms with E-state index in [1.54, 1.807) is 19.1 Å². The lowest BCUT2D eigenvalue weighted by molar-refractivity contribution is -0.384. The fourth-order valence-electron chi connectivity index (χ4n) is 2.13. The van der Waals surface area contributed by atoms with Gasteiger partial charge in [-0.25, -0.2) is 10.4 Å². The molecule has 0 aliphatic carbocycles. The number of hydrazone groups is 1. The van der Waals surface area contributed by atoms with Gasteiger partial charge in [-0.15, -0.1) is 11.3 Å². The first-order valence-corrected chi connectivity index (χ1v) is 9.39. The van der Waals surface area contributed by atoms with E-state index in [4.69, 9.17) is 0 Å². The third-order valence-electron chi connectivity index (χ3n) is 3.42. The number of hydrogen-bond acceptors (Lipinski definition) is 7. The van der Waals surface area contributed by atoms with E-state index in [1.807, 2.05) is 24.3 Å². The molecule has 26 heavy (non-hydrogen) atoms.